The molecule has 0 aliphatic rings. The van der Waals surface area contributed by atoms with E-state index in [0.717, 1.165) is 18.9 Å². The summed E-state index contributed by atoms with van der Waals surface area (Å²) in [6, 6.07) is 3.95. The smallest absolute Gasteiger partial charge is 0.338 e. The number of nitro benzene ring substituents is 1. The number of carbonyl (C=O) groups is 1. The maximum atomic E-state index is 11.2. The molecule has 0 radical (unpaired) electrons. The summed E-state index contributed by atoms with van der Waals surface area (Å²) in [4.78, 5) is 21.3. The first-order chi connectivity index (χ1) is 9.31. The average molecular weight is 280 g/mol. The molecule has 0 amide bonds. The Morgan fingerprint density at radius 2 is 2.00 bits per heavy atom. The Morgan fingerprint density at radius 3 is 2.50 bits per heavy atom. The van der Waals surface area contributed by atoms with Gasteiger partial charge in [0.2, 0.25) is 0 Å². The number of nitrogens with one attached hydrogen (secondary N) is 1. The Balaban J connectivity index is 2.89. The van der Waals surface area contributed by atoms with Crippen LogP contribution in [0.3, 0.4) is 0 Å². The molecule has 0 aromatic heterocycles. The van der Waals surface area contributed by atoms with Gasteiger partial charge >= 0.3 is 5.97 Å². The Morgan fingerprint density at radius 1 is 1.35 bits per heavy atom. The molecule has 1 atom stereocenters. The summed E-state index contributed by atoms with van der Waals surface area (Å²) < 4.78 is 0. The van der Waals surface area contributed by atoms with Gasteiger partial charge < -0.3 is 10.4 Å². The summed E-state index contributed by atoms with van der Waals surface area (Å²) in [6.07, 6.45) is 1.94. The monoisotopic (exact) mass is 280 g/mol. The molecule has 0 fully saturated rings. The molecule has 1 rings (SSSR count). The molecule has 1 unspecified atom stereocenters. The van der Waals surface area contributed by atoms with Gasteiger partial charge in [0.05, 0.1) is 10.5 Å². The minimum Gasteiger partial charge on any atom is -0.478 e. The van der Waals surface area contributed by atoms with Gasteiger partial charge in [-0.3, -0.25) is 10.1 Å². The minimum absolute atomic E-state index is 0.0735. The Bertz CT molecular complexity index is 500. The van der Waals surface area contributed by atoms with E-state index in [0.29, 0.717) is 11.6 Å². The van der Waals surface area contributed by atoms with E-state index in [1.807, 2.05) is 6.92 Å². The summed E-state index contributed by atoms with van der Waals surface area (Å²) in [5.41, 5.74) is 0.123. The highest BCUT2D eigenvalue weighted by Gasteiger charge is 2.17. The zero-order valence-electron chi connectivity index (χ0n) is 11.9. The number of nitrogens with zero attached hydrogens (tertiary/aromatic N) is 1. The number of rotatable bonds is 7. The van der Waals surface area contributed by atoms with E-state index in [1.165, 1.54) is 12.1 Å². The van der Waals surface area contributed by atoms with Crippen molar-refractivity contribution >= 4 is 17.3 Å². The van der Waals surface area contributed by atoms with Crippen molar-refractivity contribution in [2.45, 2.75) is 39.7 Å². The van der Waals surface area contributed by atoms with Crippen molar-refractivity contribution in [3.05, 3.63) is 33.9 Å². The van der Waals surface area contributed by atoms with Gasteiger partial charge in [-0.05, 0) is 31.7 Å². The van der Waals surface area contributed by atoms with Crippen LogP contribution < -0.4 is 5.32 Å². The van der Waals surface area contributed by atoms with Crippen molar-refractivity contribution in [3.63, 3.8) is 0 Å². The number of anilines is 1. The molecule has 0 spiro atoms. The van der Waals surface area contributed by atoms with E-state index >= 15 is 0 Å². The van der Waals surface area contributed by atoms with Crippen LogP contribution in [0, 0.1) is 16.0 Å². The first-order valence-corrected chi connectivity index (χ1v) is 6.59. The molecule has 0 bridgehead atoms. The van der Waals surface area contributed by atoms with Crippen molar-refractivity contribution in [1.29, 1.82) is 0 Å². The highest BCUT2D eigenvalue weighted by Crippen LogP contribution is 2.23. The van der Waals surface area contributed by atoms with Crippen LogP contribution in [-0.4, -0.2) is 22.0 Å². The average Bonchev–Trinajstić information content (AvgIpc) is 2.36. The Kier molecular flexibility index (Phi) is 5.49. The van der Waals surface area contributed by atoms with Gasteiger partial charge in [0.25, 0.3) is 5.69 Å². The topological polar surface area (TPSA) is 92.5 Å². The second-order valence-electron chi connectivity index (χ2n) is 5.31. The molecule has 0 saturated heterocycles. The van der Waals surface area contributed by atoms with Crippen molar-refractivity contribution < 1.29 is 14.8 Å². The molecule has 1 aromatic rings. The lowest BCUT2D eigenvalue weighted by Crippen LogP contribution is -2.18. The van der Waals surface area contributed by atoms with E-state index in [9.17, 15) is 14.9 Å². The molecule has 0 aliphatic heterocycles. The van der Waals surface area contributed by atoms with Gasteiger partial charge in [-0.1, -0.05) is 13.8 Å². The summed E-state index contributed by atoms with van der Waals surface area (Å²) in [6.45, 7) is 6.22. The first-order valence-electron chi connectivity index (χ1n) is 6.59. The lowest BCUT2D eigenvalue weighted by molar-refractivity contribution is -0.384. The maximum Gasteiger partial charge on any atom is 0.338 e. The number of aromatic carboxylic acids is 1. The van der Waals surface area contributed by atoms with Gasteiger partial charge in [-0.2, -0.15) is 0 Å². The molecule has 0 aliphatic carbocycles. The molecule has 0 heterocycles. The van der Waals surface area contributed by atoms with E-state index < -0.39 is 10.9 Å². The Labute approximate surface area is 118 Å². The molecule has 20 heavy (non-hydrogen) atoms. The Hall–Kier alpha value is -2.11. The predicted molar refractivity (Wildman–Crippen MR) is 77.2 cm³/mol. The maximum absolute atomic E-state index is 11.2. The fraction of sp³-hybridized carbons (Fsp3) is 0.500. The molecule has 6 nitrogen and oxygen atoms in total. The van der Waals surface area contributed by atoms with Gasteiger partial charge in [-0.25, -0.2) is 4.79 Å². The van der Waals surface area contributed by atoms with E-state index in [-0.39, 0.29) is 17.3 Å². The van der Waals surface area contributed by atoms with Crippen LogP contribution in [0.4, 0.5) is 11.4 Å². The van der Waals surface area contributed by atoms with Crippen LogP contribution in [0.1, 0.15) is 44.0 Å². The number of benzene rings is 1. The van der Waals surface area contributed by atoms with Gasteiger partial charge in [0.15, 0.2) is 0 Å². The third-order valence-electron chi connectivity index (χ3n) is 3.02. The molecular weight excluding hydrogens is 260 g/mol. The largest absolute Gasteiger partial charge is 0.478 e. The number of carboxylic acid groups (broad SMARTS) is 1. The normalized spacial score (nSPS) is 12.2. The van der Waals surface area contributed by atoms with Crippen molar-refractivity contribution in [2.75, 3.05) is 5.32 Å². The third-order valence-corrected chi connectivity index (χ3v) is 3.02. The molecule has 0 saturated carbocycles. The fourth-order valence-electron chi connectivity index (χ4n) is 1.87. The van der Waals surface area contributed by atoms with Crippen LogP contribution in [0.5, 0.6) is 0 Å². The lowest BCUT2D eigenvalue weighted by Gasteiger charge is -2.17. The highest BCUT2D eigenvalue weighted by atomic mass is 16.6. The van der Waals surface area contributed by atoms with Crippen molar-refractivity contribution in [3.8, 4) is 0 Å². The van der Waals surface area contributed by atoms with Crippen LogP contribution in [0.2, 0.25) is 0 Å². The van der Waals surface area contributed by atoms with E-state index in [4.69, 9.17) is 5.11 Å². The van der Waals surface area contributed by atoms with E-state index in [1.54, 1.807) is 0 Å². The van der Waals surface area contributed by atoms with Crippen LogP contribution in [0.15, 0.2) is 18.2 Å². The quantitative estimate of drug-likeness (QED) is 0.588. The SMILES string of the molecule is CC(C)CCC(C)Nc1ccc([N+](=O)[O-])cc1C(=O)O. The third kappa shape index (κ3) is 4.53. The van der Waals surface area contributed by atoms with E-state index in [2.05, 4.69) is 19.2 Å². The fourth-order valence-corrected chi connectivity index (χ4v) is 1.87. The number of non-ortho nitro benzene ring substituents is 1. The summed E-state index contributed by atoms with van der Waals surface area (Å²) in [5.74, 6) is -0.595. The molecular formula is C14H20N2O4. The zero-order valence-corrected chi connectivity index (χ0v) is 11.9. The lowest BCUT2D eigenvalue weighted by atomic mass is 10.0. The predicted octanol–water partition coefficient (Wildman–Crippen LogP) is 3.53. The summed E-state index contributed by atoms with van der Waals surface area (Å²) in [5, 5.41) is 22.9. The molecule has 6 heteroatoms. The number of hydrogen-bond acceptors (Lipinski definition) is 4. The summed E-state index contributed by atoms with van der Waals surface area (Å²) >= 11 is 0. The van der Waals surface area contributed by atoms with Crippen molar-refractivity contribution in [1.82, 2.24) is 0 Å². The van der Waals surface area contributed by atoms with Crippen LogP contribution in [-0.2, 0) is 0 Å². The van der Waals surface area contributed by atoms with Crippen LogP contribution in [0.25, 0.3) is 0 Å². The molecule has 2 N–H and O–H groups in total. The number of nitro groups is 1. The standard InChI is InChI=1S/C14H20N2O4/c1-9(2)4-5-10(3)15-13-7-6-11(16(19)20)8-12(13)14(17)18/h6-10,15H,4-5H2,1-3H3,(H,17,18). The second kappa shape index (κ2) is 6.88. The van der Waals surface area contributed by atoms with Gasteiger partial charge in [-0.15, -0.1) is 0 Å². The number of hydrogen-bond donors (Lipinski definition) is 2. The second-order valence-corrected chi connectivity index (χ2v) is 5.31. The van der Waals surface area contributed by atoms with Gasteiger partial charge in [0, 0.05) is 23.9 Å². The molecule has 110 valence electrons. The van der Waals surface area contributed by atoms with Crippen molar-refractivity contribution in [2.24, 2.45) is 5.92 Å². The highest BCUT2D eigenvalue weighted by molar-refractivity contribution is 5.95. The zero-order chi connectivity index (χ0) is 15.3. The molecule has 1 aromatic carbocycles. The van der Waals surface area contributed by atoms with Gasteiger partial charge in [0.1, 0.15) is 0 Å². The first kappa shape index (κ1) is 15.9. The number of carboxylic acids is 1. The summed E-state index contributed by atoms with van der Waals surface area (Å²) in [7, 11) is 0. The van der Waals surface area contributed by atoms with Crippen LogP contribution >= 0.6 is 0 Å². The minimum atomic E-state index is -1.17.